The van der Waals surface area contributed by atoms with Crippen molar-refractivity contribution in [2.45, 2.75) is 26.7 Å². The number of nitrogens with zero attached hydrogens (tertiary/aromatic N) is 1. The average Bonchev–Trinajstić information content (AvgIpc) is 2.30. The second-order valence-electron chi connectivity index (χ2n) is 3.79. The monoisotopic (exact) mass is 219 g/mol. The first-order valence-corrected chi connectivity index (χ1v) is 5.81. The second kappa shape index (κ2) is 6.88. The normalized spacial score (nSPS) is 11.3. The summed E-state index contributed by atoms with van der Waals surface area (Å²) in [5.41, 5.74) is 2.33. The van der Waals surface area contributed by atoms with E-state index in [9.17, 15) is 0 Å². The highest BCUT2D eigenvalue weighted by atomic mass is 15.2. The van der Waals surface area contributed by atoms with E-state index < -0.39 is 0 Å². The van der Waals surface area contributed by atoms with E-state index in [1.807, 2.05) is 12.1 Å². The fourth-order valence-electron chi connectivity index (χ4n) is 1.40. The number of para-hydroxylation sites is 1. The summed E-state index contributed by atoms with van der Waals surface area (Å²) in [6, 6.07) is 8.20. The van der Waals surface area contributed by atoms with Crippen LogP contribution in [0.25, 0.3) is 0 Å². The van der Waals surface area contributed by atoms with E-state index in [-0.39, 0.29) is 0 Å². The number of hydrogen-bond acceptors (Lipinski definition) is 1. The number of hydrogen-bond donors (Lipinski definition) is 2. The first-order chi connectivity index (χ1) is 7.77. The Balaban J connectivity index is 2.54. The van der Waals surface area contributed by atoms with Crippen molar-refractivity contribution in [2.24, 2.45) is 4.99 Å². The van der Waals surface area contributed by atoms with Gasteiger partial charge in [0.2, 0.25) is 0 Å². The van der Waals surface area contributed by atoms with Gasteiger partial charge in [0.25, 0.3) is 0 Å². The van der Waals surface area contributed by atoms with Crippen LogP contribution in [0, 0.1) is 6.92 Å². The topological polar surface area (TPSA) is 36.4 Å². The van der Waals surface area contributed by atoms with Crippen LogP contribution in [-0.4, -0.2) is 19.6 Å². The van der Waals surface area contributed by atoms with Crippen LogP contribution in [0.3, 0.4) is 0 Å². The molecule has 0 amide bonds. The largest absolute Gasteiger partial charge is 0.356 e. The van der Waals surface area contributed by atoms with Gasteiger partial charge in [-0.05, 0) is 25.0 Å². The number of aliphatic imine (C=N–C) groups is 1. The lowest BCUT2D eigenvalue weighted by molar-refractivity contribution is 0.753. The predicted molar refractivity (Wildman–Crippen MR) is 71.1 cm³/mol. The fourth-order valence-corrected chi connectivity index (χ4v) is 1.40. The summed E-state index contributed by atoms with van der Waals surface area (Å²) < 4.78 is 0. The number of guanidine groups is 1. The van der Waals surface area contributed by atoms with Crippen LogP contribution >= 0.6 is 0 Å². The second-order valence-corrected chi connectivity index (χ2v) is 3.79. The minimum atomic E-state index is 0.836. The molecule has 16 heavy (non-hydrogen) atoms. The molecular weight excluding hydrogens is 198 g/mol. The third-order valence-corrected chi connectivity index (χ3v) is 2.44. The first kappa shape index (κ1) is 12.6. The Labute approximate surface area is 98.0 Å². The molecule has 0 spiro atoms. The van der Waals surface area contributed by atoms with Gasteiger partial charge in [-0.25, -0.2) is 0 Å². The Bertz CT molecular complexity index is 345. The van der Waals surface area contributed by atoms with E-state index in [1.54, 1.807) is 7.05 Å². The van der Waals surface area contributed by atoms with Crippen molar-refractivity contribution in [1.82, 2.24) is 5.32 Å². The summed E-state index contributed by atoms with van der Waals surface area (Å²) in [6.45, 7) is 5.23. The van der Waals surface area contributed by atoms with Crippen LogP contribution in [0.1, 0.15) is 25.3 Å². The van der Waals surface area contributed by atoms with E-state index in [1.165, 1.54) is 12.0 Å². The summed E-state index contributed by atoms with van der Waals surface area (Å²) in [5, 5.41) is 6.58. The van der Waals surface area contributed by atoms with E-state index in [0.717, 1.165) is 24.6 Å². The molecule has 0 radical (unpaired) electrons. The minimum Gasteiger partial charge on any atom is -0.356 e. The third-order valence-electron chi connectivity index (χ3n) is 2.44. The Morgan fingerprint density at radius 1 is 1.31 bits per heavy atom. The summed E-state index contributed by atoms with van der Waals surface area (Å²) in [5.74, 6) is 0.836. The zero-order valence-electron chi connectivity index (χ0n) is 10.4. The molecule has 1 rings (SSSR count). The van der Waals surface area contributed by atoms with Crippen molar-refractivity contribution in [1.29, 1.82) is 0 Å². The summed E-state index contributed by atoms with van der Waals surface area (Å²) in [4.78, 5) is 4.19. The first-order valence-electron chi connectivity index (χ1n) is 5.81. The maximum Gasteiger partial charge on any atom is 0.195 e. The lowest BCUT2D eigenvalue weighted by Gasteiger charge is -2.13. The van der Waals surface area contributed by atoms with Gasteiger partial charge in [0.15, 0.2) is 5.96 Å². The van der Waals surface area contributed by atoms with Gasteiger partial charge in [-0.15, -0.1) is 0 Å². The van der Waals surface area contributed by atoms with Crippen molar-refractivity contribution in [2.75, 3.05) is 18.9 Å². The average molecular weight is 219 g/mol. The molecule has 0 aliphatic carbocycles. The smallest absolute Gasteiger partial charge is 0.195 e. The molecule has 3 heteroatoms. The highest BCUT2D eigenvalue weighted by Crippen LogP contribution is 2.12. The van der Waals surface area contributed by atoms with E-state index in [2.05, 4.69) is 41.6 Å². The van der Waals surface area contributed by atoms with Crippen molar-refractivity contribution in [3.8, 4) is 0 Å². The summed E-state index contributed by atoms with van der Waals surface area (Å²) in [7, 11) is 1.79. The molecule has 1 aromatic carbocycles. The molecule has 0 bridgehead atoms. The molecule has 0 aliphatic rings. The van der Waals surface area contributed by atoms with Crippen LogP contribution in [-0.2, 0) is 0 Å². The third kappa shape index (κ3) is 3.93. The molecule has 0 atom stereocenters. The molecule has 0 fully saturated rings. The molecular formula is C13H21N3. The summed E-state index contributed by atoms with van der Waals surface area (Å²) in [6.07, 6.45) is 2.35. The van der Waals surface area contributed by atoms with Crippen LogP contribution in [0.15, 0.2) is 29.3 Å². The van der Waals surface area contributed by atoms with E-state index in [4.69, 9.17) is 0 Å². The van der Waals surface area contributed by atoms with Crippen LogP contribution in [0.5, 0.6) is 0 Å². The van der Waals surface area contributed by atoms with Gasteiger partial charge in [0.1, 0.15) is 0 Å². The molecule has 2 N–H and O–H groups in total. The Morgan fingerprint density at radius 3 is 2.69 bits per heavy atom. The molecule has 0 aromatic heterocycles. The van der Waals surface area contributed by atoms with Crippen molar-refractivity contribution in [3.05, 3.63) is 29.8 Å². The highest BCUT2D eigenvalue weighted by molar-refractivity contribution is 5.94. The zero-order chi connectivity index (χ0) is 11.8. The standard InChI is InChI=1S/C13H21N3/c1-4-5-10-15-13(14-3)16-12-9-7-6-8-11(12)2/h6-9H,4-5,10H2,1-3H3,(H2,14,15,16). The molecule has 0 saturated carbocycles. The highest BCUT2D eigenvalue weighted by Gasteiger charge is 2.00. The van der Waals surface area contributed by atoms with E-state index in [0.29, 0.717) is 0 Å². The molecule has 0 aliphatic heterocycles. The van der Waals surface area contributed by atoms with Gasteiger partial charge < -0.3 is 10.6 Å². The maximum atomic E-state index is 4.19. The Hall–Kier alpha value is -1.51. The molecule has 0 heterocycles. The minimum absolute atomic E-state index is 0.836. The summed E-state index contributed by atoms with van der Waals surface area (Å²) >= 11 is 0. The molecule has 0 unspecified atom stereocenters. The van der Waals surface area contributed by atoms with Crippen molar-refractivity contribution < 1.29 is 0 Å². The quantitative estimate of drug-likeness (QED) is 0.464. The predicted octanol–water partition coefficient (Wildman–Crippen LogP) is 2.78. The fraction of sp³-hybridized carbons (Fsp3) is 0.462. The number of nitrogens with one attached hydrogen (secondary N) is 2. The number of rotatable bonds is 4. The van der Waals surface area contributed by atoms with Gasteiger partial charge in [-0.1, -0.05) is 31.5 Å². The Kier molecular flexibility index (Phi) is 5.40. The van der Waals surface area contributed by atoms with Gasteiger partial charge in [-0.2, -0.15) is 0 Å². The number of unbranched alkanes of at least 4 members (excludes halogenated alkanes) is 1. The zero-order valence-corrected chi connectivity index (χ0v) is 10.4. The van der Waals surface area contributed by atoms with Gasteiger partial charge in [-0.3, -0.25) is 4.99 Å². The van der Waals surface area contributed by atoms with E-state index >= 15 is 0 Å². The molecule has 1 aromatic rings. The van der Waals surface area contributed by atoms with Crippen LogP contribution in [0.2, 0.25) is 0 Å². The maximum absolute atomic E-state index is 4.19. The number of benzene rings is 1. The van der Waals surface area contributed by atoms with Crippen molar-refractivity contribution >= 4 is 11.6 Å². The number of anilines is 1. The lowest BCUT2D eigenvalue weighted by atomic mass is 10.2. The van der Waals surface area contributed by atoms with Crippen LogP contribution in [0.4, 0.5) is 5.69 Å². The van der Waals surface area contributed by atoms with Gasteiger partial charge in [0.05, 0.1) is 0 Å². The van der Waals surface area contributed by atoms with Gasteiger partial charge in [0, 0.05) is 19.3 Å². The molecule has 3 nitrogen and oxygen atoms in total. The SMILES string of the molecule is CCCCNC(=NC)Nc1ccccc1C. The van der Waals surface area contributed by atoms with Crippen LogP contribution < -0.4 is 10.6 Å². The van der Waals surface area contributed by atoms with Gasteiger partial charge >= 0.3 is 0 Å². The number of aryl methyl sites for hydroxylation is 1. The Morgan fingerprint density at radius 2 is 2.06 bits per heavy atom. The molecule has 0 saturated heterocycles. The van der Waals surface area contributed by atoms with Crippen molar-refractivity contribution in [3.63, 3.8) is 0 Å². The lowest BCUT2D eigenvalue weighted by Crippen LogP contribution is -2.31. The molecule has 88 valence electrons.